The van der Waals surface area contributed by atoms with Crippen molar-refractivity contribution in [1.82, 2.24) is 0 Å². The van der Waals surface area contributed by atoms with Crippen LogP contribution in [0.1, 0.15) is 27.7 Å². The quantitative estimate of drug-likeness (QED) is 0.859. The third kappa shape index (κ3) is 3.51. The Labute approximate surface area is 122 Å². The maximum Gasteiger partial charge on any atom is 0.249 e. The van der Waals surface area contributed by atoms with Crippen LogP contribution in [0.5, 0.6) is 5.75 Å². The number of amides is 1. The van der Waals surface area contributed by atoms with Gasteiger partial charge in [-0.1, -0.05) is 6.07 Å². The summed E-state index contributed by atoms with van der Waals surface area (Å²) in [5.41, 5.74) is 7.91. The normalized spacial score (nSPS) is 10.3. The lowest BCUT2D eigenvalue weighted by Crippen LogP contribution is -2.09. The van der Waals surface area contributed by atoms with Gasteiger partial charge in [0.2, 0.25) is 5.91 Å². The van der Waals surface area contributed by atoms with Gasteiger partial charge in [-0.15, -0.1) is 11.3 Å². The summed E-state index contributed by atoms with van der Waals surface area (Å²) in [6, 6.07) is 7.86. The predicted octanol–water partition coefficient (Wildman–Crippen LogP) is 3.17. The number of nitrogens with two attached hydrogens (primary N) is 1. The molecule has 3 N–H and O–H groups in total. The molecular weight excluding hydrogens is 272 g/mol. The maximum absolute atomic E-state index is 11.1. The van der Waals surface area contributed by atoms with Gasteiger partial charge in [0.25, 0.3) is 0 Å². The fourth-order valence-corrected chi connectivity index (χ4v) is 2.65. The summed E-state index contributed by atoms with van der Waals surface area (Å²) in [5.74, 6) is 0.456. The van der Waals surface area contributed by atoms with Crippen LogP contribution in [0.25, 0.3) is 0 Å². The minimum absolute atomic E-state index is 0.391. The molecule has 1 heterocycles. The molecule has 0 saturated heterocycles. The van der Waals surface area contributed by atoms with Gasteiger partial charge in [0, 0.05) is 16.8 Å². The van der Waals surface area contributed by atoms with Crippen molar-refractivity contribution in [3.8, 4) is 5.75 Å². The van der Waals surface area contributed by atoms with Crippen molar-refractivity contribution in [3.05, 3.63) is 45.6 Å². The first kappa shape index (κ1) is 14.4. The highest BCUT2D eigenvalue weighted by Gasteiger charge is 2.07. The number of carbonyl (C=O) groups excluding carboxylic acids is 1. The van der Waals surface area contributed by atoms with Crippen LogP contribution in [-0.2, 0) is 6.54 Å². The first-order valence-electron chi connectivity index (χ1n) is 6.44. The number of hydrogen-bond acceptors (Lipinski definition) is 4. The smallest absolute Gasteiger partial charge is 0.249 e. The van der Waals surface area contributed by atoms with Gasteiger partial charge in [-0.25, -0.2) is 0 Å². The molecule has 1 aromatic carbocycles. The number of thiophene rings is 1. The van der Waals surface area contributed by atoms with Gasteiger partial charge in [-0.05, 0) is 37.6 Å². The van der Waals surface area contributed by atoms with Gasteiger partial charge in [-0.2, -0.15) is 0 Å². The Morgan fingerprint density at radius 2 is 2.20 bits per heavy atom. The Bertz CT molecular complexity index is 608. The van der Waals surface area contributed by atoms with Gasteiger partial charge in [0.1, 0.15) is 5.75 Å². The largest absolute Gasteiger partial charge is 0.492 e. The van der Waals surface area contributed by atoms with E-state index in [1.165, 1.54) is 11.3 Å². The van der Waals surface area contributed by atoms with Crippen molar-refractivity contribution in [2.45, 2.75) is 20.4 Å². The Hall–Kier alpha value is -2.01. The second-order valence-corrected chi connectivity index (χ2v) is 5.45. The fraction of sp³-hybridized carbons (Fsp3) is 0.267. The summed E-state index contributed by atoms with van der Waals surface area (Å²) < 4.78 is 5.62. The minimum atomic E-state index is -0.391. The van der Waals surface area contributed by atoms with Crippen LogP contribution < -0.4 is 15.8 Å². The highest BCUT2D eigenvalue weighted by atomic mass is 32.1. The Balaban J connectivity index is 2.07. The summed E-state index contributed by atoms with van der Waals surface area (Å²) in [6.07, 6.45) is 0. The van der Waals surface area contributed by atoms with Gasteiger partial charge < -0.3 is 15.8 Å². The number of aryl methyl sites for hydroxylation is 1. The lowest BCUT2D eigenvalue weighted by molar-refractivity contribution is 0.100. The topological polar surface area (TPSA) is 64.3 Å². The summed E-state index contributed by atoms with van der Waals surface area (Å²) in [5, 5.41) is 5.10. The molecule has 0 aliphatic heterocycles. The second kappa shape index (κ2) is 6.43. The van der Waals surface area contributed by atoms with Crippen LogP contribution in [-0.4, -0.2) is 12.5 Å². The van der Waals surface area contributed by atoms with E-state index in [1.54, 1.807) is 5.38 Å². The van der Waals surface area contributed by atoms with Crippen molar-refractivity contribution < 1.29 is 9.53 Å². The summed E-state index contributed by atoms with van der Waals surface area (Å²) in [4.78, 5) is 12.1. The molecule has 0 atom stereocenters. The number of rotatable bonds is 6. The predicted molar refractivity (Wildman–Crippen MR) is 82.5 cm³/mol. The molecule has 2 rings (SSSR count). The fourth-order valence-electron chi connectivity index (χ4n) is 1.84. The molecule has 5 heteroatoms. The highest BCUT2D eigenvalue weighted by molar-refractivity contribution is 7.10. The number of ether oxygens (including phenoxy) is 1. The first-order chi connectivity index (χ1) is 9.60. The van der Waals surface area contributed by atoms with Crippen molar-refractivity contribution >= 4 is 22.9 Å². The second-order valence-electron chi connectivity index (χ2n) is 4.45. The van der Waals surface area contributed by atoms with E-state index in [1.807, 2.05) is 38.1 Å². The van der Waals surface area contributed by atoms with E-state index < -0.39 is 5.91 Å². The molecule has 2 aromatic rings. The zero-order valence-electron chi connectivity index (χ0n) is 11.6. The number of anilines is 1. The van der Waals surface area contributed by atoms with E-state index in [4.69, 9.17) is 10.5 Å². The molecule has 1 aromatic heterocycles. The number of benzene rings is 1. The van der Waals surface area contributed by atoms with Gasteiger partial charge in [0.05, 0.1) is 17.9 Å². The zero-order valence-corrected chi connectivity index (χ0v) is 12.4. The first-order valence-corrected chi connectivity index (χ1v) is 7.32. The Morgan fingerprint density at radius 1 is 1.40 bits per heavy atom. The molecule has 0 spiro atoms. The molecule has 0 saturated carbocycles. The summed E-state index contributed by atoms with van der Waals surface area (Å²) in [6.45, 7) is 5.26. The monoisotopic (exact) mass is 290 g/mol. The van der Waals surface area contributed by atoms with Crippen LogP contribution in [0.2, 0.25) is 0 Å². The molecule has 0 unspecified atom stereocenters. The lowest BCUT2D eigenvalue weighted by atomic mass is 10.2. The van der Waals surface area contributed by atoms with Crippen molar-refractivity contribution in [1.29, 1.82) is 0 Å². The third-order valence-corrected chi connectivity index (χ3v) is 3.77. The SMILES string of the molecule is CCOc1cc(C)ccc1NCc1cc(C(N)=O)cs1. The van der Waals surface area contributed by atoms with E-state index in [-0.39, 0.29) is 0 Å². The van der Waals surface area contributed by atoms with E-state index in [9.17, 15) is 4.79 Å². The highest BCUT2D eigenvalue weighted by Crippen LogP contribution is 2.27. The summed E-state index contributed by atoms with van der Waals surface area (Å²) in [7, 11) is 0. The van der Waals surface area contributed by atoms with Crippen LogP contribution in [0.15, 0.2) is 29.6 Å². The van der Waals surface area contributed by atoms with Gasteiger partial charge in [0.15, 0.2) is 0 Å². The van der Waals surface area contributed by atoms with Gasteiger partial charge in [-0.3, -0.25) is 4.79 Å². The van der Waals surface area contributed by atoms with E-state index in [0.717, 1.165) is 21.9 Å². The van der Waals surface area contributed by atoms with Crippen LogP contribution >= 0.6 is 11.3 Å². The molecule has 0 radical (unpaired) electrons. The standard InChI is InChI=1S/C15H18N2O2S/c1-3-19-14-6-10(2)4-5-13(14)17-8-12-7-11(9-20-12)15(16)18/h4-7,9,17H,3,8H2,1-2H3,(H2,16,18). The average Bonchev–Trinajstić information content (AvgIpc) is 2.87. The average molecular weight is 290 g/mol. The maximum atomic E-state index is 11.1. The van der Waals surface area contributed by atoms with E-state index >= 15 is 0 Å². The number of primary amides is 1. The molecule has 20 heavy (non-hydrogen) atoms. The zero-order chi connectivity index (χ0) is 14.5. The van der Waals surface area contributed by atoms with Crippen LogP contribution in [0.3, 0.4) is 0 Å². The molecule has 4 nitrogen and oxygen atoms in total. The van der Waals surface area contributed by atoms with Crippen LogP contribution in [0, 0.1) is 6.92 Å². The number of carbonyl (C=O) groups is 1. The van der Waals surface area contributed by atoms with E-state index in [0.29, 0.717) is 18.7 Å². The molecule has 1 amide bonds. The Kier molecular flexibility index (Phi) is 4.63. The minimum Gasteiger partial charge on any atom is -0.492 e. The molecular formula is C15H18N2O2S. The van der Waals surface area contributed by atoms with E-state index in [2.05, 4.69) is 5.32 Å². The summed E-state index contributed by atoms with van der Waals surface area (Å²) >= 11 is 1.52. The lowest BCUT2D eigenvalue weighted by Gasteiger charge is -2.12. The number of hydrogen-bond donors (Lipinski definition) is 2. The molecule has 0 bridgehead atoms. The molecule has 106 valence electrons. The van der Waals surface area contributed by atoms with Crippen molar-refractivity contribution in [3.63, 3.8) is 0 Å². The van der Waals surface area contributed by atoms with Gasteiger partial charge >= 0.3 is 0 Å². The molecule has 0 aliphatic carbocycles. The Morgan fingerprint density at radius 3 is 2.85 bits per heavy atom. The number of nitrogens with one attached hydrogen (secondary N) is 1. The van der Waals surface area contributed by atoms with Crippen molar-refractivity contribution in [2.75, 3.05) is 11.9 Å². The molecule has 0 aliphatic rings. The molecule has 0 fully saturated rings. The van der Waals surface area contributed by atoms with Crippen molar-refractivity contribution in [2.24, 2.45) is 5.73 Å². The van der Waals surface area contributed by atoms with Crippen LogP contribution in [0.4, 0.5) is 5.69 Å². The third-order valence-electron chi connectivity index (χ3n) is 2.83.